The van der Waals surface area contributed by atoms with Crippen LogP contribution in [-0.2, 0) is 0 Å². The lowest BCUT2D eigenvalue weighted by Gasteiger charge is -2.28. The maximum atomic E-state index is 10.0. The third kappa shape index (κ3) is 4.63. The first-order chi connectivity index (χ1) is 10.1. The number of anilines is 2. The van der Waals surface area contributed by atoms with Crippen molar-refractivity contribution in [2.24, 2.45) is 5.92 Å². The van der Waals surface area contributed by atoms with Gasteiger partial charge in [0.25, 0.3) is 0 Å². The first kappa shape index (κ1) is 16.7. The van der Waals surface area contributed by atoms with Gasteiger partial charge in [-0.2, -0.15) is 0 Å². The van der Waals surface area contributed by atoms with Crippen LogP contribution in [0.4, 0.5) is 11.6 Å². The quantitative estimate of drug-likeness (QED) is 0.732. The second kappa shape index (κ2) is 8.06. The minimum absolute atomic E-state index is 0.227. The lowest BCUT2D eigenvalue weighted by atomic mass is 9.86. The molecule has 0 saturated heterocycles. The number of aromatic nitrogens is 1. The molecule has 1 heterocycles. The number of rotatable bonds is 6. The Labute approximate surface area is 136 Å². The van der Waals surface area contributed by atoms with Gasteiger partial charge in [0.2, 0.25) is 0 Å². The van der Waals surface area contributed by atoms with Crippen molar-refractivity contribution in [1.82, 2.24) is 4.98 Å². The summed E-state index contributed by atoms with van der Waals surface area (Å²) in [7, 11) is 0. The molecule has 1 fully saturated rings. The van der Waals surface area contributed by atoms with Crippen LogP contribution in [0.3, 0.4) is 0 Å². The smallest absolute Gasteiger partial charge is 0.147 e. The summed E-state index contributed by atoms with van der Waals surface area (Å²) in [4.78, 5) is 4.45. The van der Waals surface area contributed by atoms with Crippen LogP contribution in [0.2, 0.25) is 10.0 Å². The molecule has 1 saturated carbocycles. The predicted molar refractivity (Wildman–Crippen MR) is 89.5 cm³/mol. The van der Waals surface area contributed by atoms with E-state index in [9.17, 15) is 5.11 Å². The fourth-order valence-electron chi connectivity index (χ4n) is 2.61. The van der Waals surface area contributed by atoms with E-state index in [4.69, 9.17) is 23.2 Å². The van der Waals surface area contributed by atoms with Crippen molar-refractivity contribution in [3.05, 3.63) is 16.1 Å². The number of aliphatic hydroxyl groups is 1. The highest BCUT2D eigenvalue weighted by Crippen LogP contribution is 2.30. The Morgan fingerprint density at radius 3 is 2.52 bits per heavy atom. The standard InChI is InChI=1S/C15H23Cl2N3O/c1-2-7-18-14-11(16)8-12(17)15(20-14)19-9-10-5-3-4-6-13(10)21/h8,10,13,21H,2-7,9H2,1H3,(H2,18,19,20). The summed E-state index contributed by atoms with van der Waals surface area (Å²) in [6, 6.07) is 1.70. The zero-order valence-corrected chi connectivity index (χ0v) is 13.8. The minimum Gasteiger partial charge on any atom is -0.393 e. The van der Waals surface area contributed by atoms with Crippen LogP contribution in [0.5, 0.6) is 0 Å². The highest BCUT2D eigenvalue weighted by Gasteiger charge is 2.23. The van der Waals surface area contributed by atoms with Gasteiger partial charge in [0.15, 0.2) is 0 Å². The zero-order valence-electron chi connectivity index (χ0n) is 12.3. The van der Waals surface area contributed by atoms with Gasteiger partial charge in [-0.3, -0.25) is 0 Å². The van der Waals surface area contributed by atoms with Gasteiger partial charge in [-0.25, -0.2) is 4.98 Å². The van der Waals surface area contributed by atoms with Crippen LogP contribution >= 0.6 is 23.2 Å². The third-order valence-electron chi connectivity index (χ3n) is 3.87. The summed E-state index contributed by atoms with van der Waals surface area (Å²) in [5.41, 5.74) is 0. The number of nitrogens with zero attached hydrogens (tertiary/aromatic N) is 1. The molecule has 0 bridgehead atoms. The molecule has 1 aromatic rings. The number of hydrogen-bond donors (Lipinski definition) is 3. The van der Waals surface area contributed by atoms with Crippen molar-refractivity contribution in [2.45, 2.75) is 45.1 Å². The highest BCUT2D eigenvalue weighted by atomic mass is 35.5. The van der Waals surface area contributed by atoms with Gasteiger partial charge in [0.05, 0.1) is 16.1 Å². The Bertz CT molecular complexity index is 470. The molecule has 2 atom stereocenters. The topological polar surface area (TPSA) is 57.2 Å². The lowest BCUT2D eigenvalue weighted by molar-refractivity contribution is 0.0763. The molecular weight excluding hydrogens is 309 g/mol. The maximum absolute atomic E-state index is 10.0. The predicted octanol–water partition coefficient (Wildman–Crippen LogP) is 4.17. The molecule has 3 N–H and O–H groups in total. The highest BCUT2D eigenvalue weighted by molar-refractivity contribution is 6.37. The molecule has 2 unspecified atom stereocenters. The Morgan fingerprint density at radius 2 is 1.86 bits per heavy atom. The summed E-state index contributed by atoms with van der Waals surface area (Å²) in [6.07, 6.45) is 4.99. The molecule has 0 amide bonds. The average Bonchev–Trinajstić information content (AvgIpc) is 2.47. The maximum Gasteiger partial charge on any atom is 0.147 e. The molecule has 1 aliphatic carbocycles. The van der Waals surface area contributed by atoms with Crippen LogP contribution in [0.15, 0.2) is 6.07 Å². The molecule has 1 aromatic heterocycles. The van der Waals surface area contributed by atoms with E-state index in [0.717, 1.165) is 32.2 Å². The van der Waals surface area contributed by atoms with Crippen LogP contribution < -0.4 is 10.6 Å². The Balaban J connectivity index is 2.01. The summed E-state index contributed by atoms with van der Waals surface area (Å²) in [5.74, 6) is 1.53. The molecule has 118 valence electrons. The van der Waals surface area contributed by atoms with Gasteiger partial charge in [-0.1, -0.05) is 43.0 Å². The first-order valence-electron chi connectivity index (χ1n) is 7.63. The van der Waals surface area contributed by atoms with Crippen molar-refractivity contribution in [3.63, 3.8) is 0 Å². The molecule has 4 nitrogen and oxygen atoms in total. The van der Waals surface area contributed by atoms with Crippen molar-refractivity contribution in [1.29, 1.82) is 0 Å². The van der Waals surface area contributed by atoms with Crippen LogP contribution in [0.25, 0.3) is 0 Å². The number of hydrogen-bond acceptors (Lipinski definition) is 4. The van der Waals surface area contributed by atoms with Gasteiger partial charge in [0, 0.05) is 19.0 Å². The summed E-state index contributed by atoms with van der Waals surface area (Å²) >= 11 is 12.3. The molecule has 6 heteroatoms. The second-order valence-electron chi connectivity index (χ2n) is 5.57. The van der Waals surface area contributed by atoms with Crippen molar-refractivity contribution < 1.29 is 5.11 Å². The average molecular weight is 332 g/mol. The van der Waals surface area contributed by atoms with Gasteiger partial charge in [-0.15, -0.1) is 0 Å². The molecular formula is C15H23Cl2N3O. The van der Waals surface area contributed by atoms with Crippen LogP contribution in [-0.4, -0.2) is 29.3 Å². The summed E-state index contributed by atoms with van der Waals surface area (Å²) in [6.45, 7) is 3.58. The molecule has 0 radical (unpaired) electrons. The Morgan fingerprint density at radius 1 is 1.19 bits per heavy atom. The molecule has 1 aliphatic rings. The summed E-state index contributed by atoms with van der Waals surface area (Å²) < 4.78 is 0. The van der Waals surface area contributed by atoms with E-state index < -0.39 is 0 Å². The zero-order chi connectivity index (χ0) is 15.2. The van der Waals surface area contributed by atoms with E-state index in [1.165, 1.54) is 6.42 Å². The van der Waals surface area contributed by atoms with Crippen molar-refractivity contribution >= 4 is 34.8 Å². The lowest BCUT2D eigenvalue weighted by Crippen LogP contribution is -2.30. The van der Waals surface area contributed by atoms with Gasteiger partial charge >= 0.3 is 0 Å². The van der Waals surface area contributed by atoms with Crippen molar-refractivity contribution in [3.8, 4) is 0 Å². The van der Waals surface area contributed by atoms with Crippen LogP contribution in [0, 0.1) is 5.92 Å². The molecule has 0 spiro atoms. The first-order valence-corrected chi connectivity index (χ1v) is 8.39. The molecule has 0 aliphatic heterocycles. The van der Waals surface area contributed by atoms with E-state index in [2.05, 4.69) is 22.5 Å². The van der Waals surface area contributed by atoms with E-state index in [-0.39, 0.29) is 12.0 Å². The fraction of sp³-hybridized carbons (Fsp3) is 0.667. The van der Waals surface area contributed by atoms with E-state index in [1.54, 1.807) is 6.07 Å². The molecule has 0 aromatic carbocycles. The number of halogens is 2. The van der Waals surface area contributed by atoms with Crippen molar-refractivity contribution in [2.75, 3.05) is 23.7 Å². The number of nitrogens with one attached hydrogen (secondary N) is 2. The van der Waals surface area contributed by atoms with E-state index in [1.807, 2.05) is 0 Å². The molecule has 2 rings (SSSR count). The second-order valence-corrected chi connectivity index (χ2v) is 6.38. The normalized spacial score (nSPS) is 22.1. The summed E-state index contributed by atoms with van der Waals surface area (Å²) in [5, 5.41) is 17.5. The van der Waals surface area contributed by atoms with Gasteiger partial charge < -0.3 is 15.7 Å². The number of pyridine rings is 1. The Kier molecular flexibility index (Phi) is 6.40. The minimum atomic E-state index is -0.227. The van der Waals surface area contributed by atoms with E-state index in [0.29, 0.717) is 28.2 Å². The van der Waals surface area contributed by atoms with Crippen LogP contribution in [0.1, 0.15) is 39.0 Å². The third-order valence-corrected chi connectivity index (χ3v) is 4.45. The van der Waals surface area contributed by atoms with E-state index >= 15 is 0 Å². The number of aliphatic hydroxyl groups excluding tert-OH is 1. The monoisotopic (exact) mass is 331 g/mol. The molecule has 21 heavy (non-hydrogen) atoms. The SMILES string of the molecule is CCCNc1nc(NCC2CCCCC2O)c(Cl)cc1Cl. The largest absolute Gasteiger partial charge is 0.393 e. The fourth-order valence-corrected chi connectivity index (χ4v) is 3.10. The van der Waals surface area contributed by atoms with Gasteiger partial charge in [-0.05, 0) is 25.3 Å². The van der Waals surface area contributed by atoms with Gasteiger partial charge in [0.1, 0.15) is 11.6 Å². The Hall–Kier alpha value is -0.710.